The van der Waals surface area contributed by atoms with E-state index in [9.17, 15) is 0 Å². The third-order valence-electron chi connectivity index (χ3n) is 2.23. The Morgan fingerprint density at radius 2 is 2.40 bits per heavy atom. The molecule has 0 saturated heterocycles. The van der Waals surface area contributed by atoms with Crippen molar-refractivity contribution in [1.82, 2.24) is 15.1 Å². The number of nitrogens with one attached hydrogen (secondary N) is 1. The van der Waals surface area contributed by atoms with Crippen molar-refractivity contribution in [3.63, 3.8) is 0 Å². The standard InChI is InChI=1S/C11H18N4/c1-11(10-15-9-5-8-14-15)13-7-4-2-3-6-12/h5,8-9,11,13H,2-4,7,10H2,1H3/t11-/m0/s1. The lowest BCUT2D eigenvalue weighted by molar-refractivity contribution is 0.446. The van der Waals surface area contributed by atoms with Crippen molar-refractivity contribution in [2.75, 3.05) is 6.54 Å². The summed E-state index contributed by atoms with van der Waals surface area (Å²) < 4.78 is 1.92. The Bertz CT molecular complexity index is 286. The van der Waals surface area contributed by atoms with Gasteiger partial charge in [-0.25, -0.2) is 0 Å². The van der Waals surface area contributed by atoms with Crippen LogP contribution in [0.25, 0.3) is 0 Å². The number of unbranched alkanes of at least 4 members (excludes halogenated alkanes) is 2. The van der Waals surface area contributed by atoms with Gasteiger partial charge in [-0.3, -0.25) is 4.68 Å². The molecule has 4 heteroatoms. The van der Waals surface area contributed by atoms with Crippen LogP contribution in [-0.4, -0.2) is 22.4 Å². The van der Waals surface area contributed by atoms with Crippen molar-refractivity contribution >= 4 is 0 Å². The van der Waals surface area contributed by atoms with Crippen LogP contribution in [-0.2, 0) is 6.54 Å². The molecule has 0 saturated carbocycles. The van der Waals surface area contributed by atoms with Crippen molar-refractivity contribution in [3.8, 4) is 6.07 Å². The smallest absolute Gasteiger partial charge is 0.0621 e. The molecule has 0 amide bonds. The second kappa shape index (κ2) is 7.02. The molecule has 1 N–H and O–H groups in total. The summed E-state index contributed by atoms with van der Waals surface area (Å²) in [5.41, 5.74) is 0. The van der Waals surface area contributed by atoms with Crippen LogP contribution in [0.3, 0.4) is 0 Å². The molecule has 0 fully saturated rings. The second-order valence-electron chi connectivity index (χ2n) is 3.70. The van der Waals surface area contributed by atoms with Gasteiger partial charge >= 0.3 is 0 Å². The molecule has 15 heavy (non-hydrogen) atoms. The summed E-state index contributed by atoms with van der Waals surface area (Å²) in [6.45, 7) is 4.02. The first-order valence-corrected chi connectivity index (χ1v) is 5.40. The minimum atomic E-state index is 0.423. The van der Waals surface area contributed by atoms with Gasteiger partial charge in [-0.1, -0.05) is 0 Å². The van der Waals surface area contributed by atoms with Gasteiger partial charge in [0.05, 0.1) is 12.6 Å². The Morgan fingerprint density at radius 1 is 1.53 bits per heavy atom. The highest BCUT2D eigenvalue weighted by Crippen LogP contribution is 1.94. The number of hydrogen-bond donors (Lipinski definition) is 1. The van der Waals surface area contributed by atoms with Gasteiger partial charge < -0.3 is 5.32 Å². The summed E-state index contributed by atoms with van der Waals surface area (Å²) in [7, 11) is 0. The maximum Gasteiger partial charge on any atom is 0.0621 e. The molecule has 0 aliphatic heterocycles. The second-order valence-corrected chi connectivity index (χ2v) is 3.70. The fraction of sp³-hybridized carbons (Fsp3) is 0.636. The van der Waals surface area contributed by atoms with Crippen LogP contribution >= 0.6 is 0 Å². The first-order chi connectivity index (χ1) is 7.33. The molecule has 0 spiro atoms. The molecule has 1 aromatic heterocycles. The minimum absolute atomic E-state index is 0.423. The van der Waals surface area contributed by atoms with Gasteiger partial charge in [0.2, 0.25) is 0 Å². The van der Waals surface area contributed by atoms with E-state index in [1.165, 1.54) is 0 Å². The Labute approximate surface area is 90.9 Å². The zero-order valence-electron chi connectivity index (χ0n) is 9.19. The maximum atomic E-state index is 8.36. The molecule has 1 rings (SSSR count). The predicted molar refractivity (Wildman–Crippen MR) is 59.2 cm³/mol. The van der Waals surface area contributed by atoms with E-state index in [1.807, 2.05) is 16.9 Å². The van der Waals surface area contributed by atoms with Crippen LogP contribution in [0.15, 0.2) is 18.5 Å². The first-order valence-electron chi connectivity index (χ1n) is 5.40. The first kappa shape index (κ1) is 11.7. The molecule has 0 unspecified atom stereocenters. The van der Waals surface area contributed by atoms with Crippen molar-refractivity contribution in [2.24, 2.45) is 0 Å². The molecule has 4 nitrogen and oxygen atoms in total. The number of rotatable bonds is 7. The van der Waals surface area contributed by atoms with Gasteiger partial charge in [0, 0.05) is 24.9 Å². The lowest BCUT2D eigenvalue weighted by Gasteiger charge is -2.13. The maximum absolute atomic E-state index is 8.36. The third kappa shape index (κ3) is 5.18. The summed E-state index contributed by atoms with van der Waals surface area (Å²) in [5, 5.41) is 15.9. The topological polar surface area (TPSA) is 53.6 Å². The summed E-state index contributed by atoms with van der Waals surface area (Å²) >= 11 is 0. The van der Waals surface area contributed by atoms with Crippen LogP contribution in [0.5, 0.6) is 0 Å². The number of nitriles is 1. The molecule has 0 radical (unpaired) electrons. The number of hydrogen-bond acceptors (Lipinski definition) is 3. The lowest BCUT2D eigenvalue weighted by Crippen LogP contribution is -2.31. The Morgan fingerprint density at radius 3 is 3.07 bits per heavy atom. The zero-order chi connectivity index (χ0) is 10.9. The van der Waals surface area contributed by atoms with Gasteiger partial charge in [0.1, 0.15) is 0 Å². The van der Waals surface area contributed by atoms with Crippen LogP contribution in [0.4, 0.5) is 0 Å². The van der Waals surface area contributed by atoms with E-state index < -0.39 is 0 Å². The van der Waals surface area contributed by atoms with Gasteiger partial charge in [-0.15, -0.1) is 0 Å². The molecule has 0 aliphatic rings. The fourth-order valence-electron chi connectivity index (χ4n) is 1.43. The normalized spacial score (nSPS) is 12.3. The predicted octanol–water partition coefficient (Wildman–Crippen LogP) is 1.56. The Kier molecular flexibility index (Phi) is 5.49. The van der Waals surface area contributed by atoms with E-state index in [-0.39, 0.29) is 0 Å². The Hall–Kier alpha value is -1.34. The molecule has 0 aliphatic carbocycles. The quantitative estimate of drug-likeness (QED) is 0.689. The van der Waals surface area contributed by atoms with E-state index >= 15 is 0 Å². The highest BCUT2D eigenvalue weighted by Gasteiger charge is 2.01. The van der Waals surface area contributed by atoms with Gasteiger partial charge in [-0.2, -0.15) is 10.4 Å². The monoisotopic (exact) mass is 206 g/mol. The molecule has 0 aromatic carbocycles. The minimum Gasteiger partial charge on any atom is -0.312 e. The lowest BCUT2D eigenvalue weighted by atomic mass is 10.2. The highest BCUT2D eigenvalue weighted by molar-refractivity contribution is 4.79. The number of nitrogens with zero attached hydrogens (tertiary/aromatic N) is 3. The third-order valence-corrected chi connectivity index (χ3v) is 2.23. The van der Waals surface area contributed by atoms with E-state index in [0.29, 0.717) is 12.5 Å². The van der Waals surface area contributed by atoms with Gasteiger partial charge in [0.15, 0.2) is 0 Å². The SMILES string of the molecule is C[C@@H](Cn1cccn1)NCCCCC#N. The molecule has 0 bridgehead atoms. The summed E-state index contributed by atoms with van der Waals surface area (Å²) in [6.07, 6.45) is 6.47. The average molecular weight is 206 g/mol. The average Bonchev–Trinajstić information content (AvgIpc) is 2.70. The van der Waals surface area contributed by atoms with Crippen LogP contribution in [0, 0.1) is 11.3 Å². The number of aromatic nitrogens is 2. The van der Waals surface area contributed by atoms with Crippen molar-refractivity contribution in [3.05, 3.63) is 18.5 Å². The van der Waals surface area contributed by atoms with E-state index in [1.54, 1.807) is 6.20 Å². The van der Waals surface area contributed by atoms with E-state index in [4.69, 9.17) is 5.26 Å². The summed E-state index contributed by atoms with van der Waals surface area (Å²) in [4.78, 5) is 0. The largest absolute Gasteiger partial charge is 0.312 e. The van der Waals surface area contributed by atoms with E-state index in [2.05, 4.69) is 23.4 Å². The molecule has 1 atom stereocenters. The van der Waals surface area contributed by atoms with Crippen molar-refractivity contribution < 1.29 is 0 Å². The van der Waals surface area contributed by atoms with Gasteiger partial charge in [-0.05, 0) is 32.4 Å². The van der Waals surface area contributed by atoms with Crippen LogP contribution in [0.2, 0.25) is 0 Å². The molecule has 82 valence electrons. The molecular weight excluding hydrogens is 188 g/mol. The fourth-order valence-corrected chi connectivity index (χ4v) is 1.43. The van der Waals surface area contributed by atoms with Gasteiger partial charge in [0.25, 0.3) is 0 Å². The Balaban J connectivity index is 2.04. The zero-order valence-corrected chi connectivity index (χ0v) is 9.19. The molecule has 1 heterocycles. The molecular formula is C11H18N4. The van der Waals surface area contributed by atoms with Crippen molar-refractivity contribution in [1.29, 1.82) is 5.26 Å². The summed E-state index contributed by atoms with van der Waals surface area (Å²) in [6, 6.07) is 4.50. The molecule has 1 aromatic rings. The van der Waals surface area contributed by atoms with Crippen LogP contribution < -0.4 is 5.32 Å². The van der Waals surface area contributed by atoms with Crippen LogP contribution in [0.1, 0.15) is 26.2 Å². The van der Waals surface area contributed by atoms with E-state index in [0.717, 1.165) is 25.9 Å². The summed E-state index contributed by atoms with van der Waals surface area (Å²) in [5.74, 6) is 0. The highest BCUT2D eigenvalue weighted by atomic mass is 15.3. The van der Waals surface area contributed by atoms with Crippen molar-refractivity contribution in [2.45, 2.75) is 38.8 Å².